The minimum Gasteiger partial charge on any atom is -0.321 e. The predicted molar refractivity (Wildman–Crippen MR) is 55.3 cm³/mol. The van der Waals surface area contributed by atoms with Crippen molar-refractivity contribution in [2.24, 2.45) is 0 Å². The number of para-hydroxylation sites is 2. The largest absolute Gasteiger partial charge is 0.321 e. The van der Waals surface area contributed by atoms with Crippen molar-refractivity contribution < 1.29 is 8.78 Å². The van der Waals surface area contributed by atoms with Gasteiger partial charge < -0.3 is 4.57 Å². The van der Waals surface area contributed by atoms with Crippen molar-refractivity contribution >= 4 is 22.6 Å². The maximum Gasteiger partial charge on any atom is 0.256 e. The maximum absolute atomic E-state index is 12.4. The van der Waals surface area contributed by atoms with Gasteiger partial charge in [-0.2, -0.15) is 0 Å². The van der Waals surface area contributed by atoms with Crippen LogP contribution in [-0.4, -0.2) is 16.0 Å². The molecule has 0 fully saturated rings. The van der Waals surface area contributed by atoms with Crippen molar-refractivity contribution in [3.8, 4) is 0 Å². The molecule has 15 heavy (non-hydrogen) atoms. The van der Waals surface area contributed by atoms with E-state index in [9.17, 15) is 8.78 Å². The first-order valence-corrected chi connectivity index (χ1v) is 5.04. The summed E-state index contributed by atoms with van der Waals surface area (Å²) in [6.45, 7) is -0.359. The molecule has 0 radical (unpaired) electrons. The molecule has 1 aromatic carbocycles. The van der Waals surface area contributed by atoms with Gasteiger partial charge in [-0.1, -0.05) is 12.1 Å². The number of halogens is 3. The summed E-state index contributed by atoms with van der Waals surface area (Å²) >= 11 is 5.66. The fourth-order valence-electron chi connectivity index (χ4n) is 1.57. The molecule has 2 aromatic rings. The van der Waals surface area contributed by atoms with E-state index in [2.05, 4.69) is 4.98 Å². The quantitative estimate of drug-likeness (QED) is 0.741. The van der Waals surface area contributed by atoms with Crippen LogP contribution in [0.5, 0.6) is 0 Å². The van der Waals surface area contributed by atoms with Gasteiger partial charge in [0.2, 0.25) is 0 Å². The average molecular weight is 231 g/mol. The highest BCUT2D eigenvalue weighted by Crippen LogP contribution is 2.18. The van der Waals surface area contributed by atoms with Gasteiger partial charge in [0, 0.05) is 0 Å². The van der Waals surface area contributed by atoms with Crippen LogP contribution < -0.4 is 0 Å². The van der Waals surface area contributed by atoms with E-state index in [0.717, 1.165) is 0 Å². The summed E-state index contributed by atoms with van der Waals surface area (Å²) in [7, 11) is 0. The third kappa shape index (κ3) is 1.95. The standard InChI is InChI=1S/C10H9ClF2N2/c11-5-10-14-7-3-1-2-4-8(7)15(10)6-9(12)13/h1-4,9H,5-6H2. The SMILES string of the molecule is FC(F)Cn1c(CCl)nc2ccccc21. The number of nitrogens with zero attached hydrogens (tertiary/aromatic N) is 2. The summed E-state index contributed by atoms with van der Waals surface area (Å²) in [6, 6.07) is 7.16. The highest BCUT2D eigenvalue weighted by atomic mass is 35.5. The highest BCUT2D eigenvalue weighted by molar-refractivity contribution is 6.16. The molecule has 1 aromatic heterocycles. The zero-order valence-corrected chi connectivity index (χ0v) is 8.59. The number of rotatable bonds is 3. The van der Waals surface area contributed by atoms with Crippen molar-refractivity contribution in [2.45, 2.75) is 18.9 Å². The molecule has 2 rings (SSSR count). The summed E-state index contributed by atoms with van der Waals surface area (Å²) in [4.78, 5) is 4.18. The van der Waals surface area contributed by atoms with E-state index >= 15 is 0 Å². The van der Waals surface area contributed by atoms with E-state index in [1.54, 1.807) is 18.2 Å². The van der Waals surface area contributed by atoms with Gasteiger partial charge >= 0.3 is 0 Å². The summed E-state index contributed by atoms with van der Waals surface area (Å²) in [5, 5.41) is 0. The number of benzene rings is 1. The van der Waals surface area contributed by atoms with E-state index in [0.29, 0.717) is 16.9 Å². The first-order chi connectivity index (χ1) is 7.22. The predicted octanol–water partition coefficient (Wildman–Crippen LogP) is 3.04. The van der Waals surface area contributed by atoms with Gasteiger partial charge in [0.15, 0.2) is 0 Å². The number of hydrogen-bond acceptors (Lipinski definition) is 1. The molecule has 0 N–H and O–H groups in total. The van der Waals surface area contributed by atoms with Gasteiger partial charge in [-0.25, -0.2) is 13.8 Å². The molecule has 0 aliphatic rings. The smallest absolute Gasteiger partial charge is 0.256 e. The zero-order valence-electron chi connectivity index (χ0n) is 7.83. The fraction of sp³-hybridized carbons (Fsp3) is 0.300. The summed E-state index contributed by atoms with van der Waals surface area (Å²) in [5.41, 5.74) is 1.40. The second-order valence-corrected chi connectivity index (χ2v) is 3.42. The van der Waals surface area contributed by atoms with Crippen LogP contribution in [0.4, 0.5) is 8.78 Å². The number of fused-ring (bicyclic) bond motifs is 1. The Labute approximate surface area is 90.5 Å². The third-order valence-corrected chi connectivity index (χ3v) is 2.41. The lowest BCUT2D eigenvalue weighted by Crippen LogP contribution is -2.09. The number of alkyl halides is 3. The molecule has 0 aliphatic carbocycles. The second-order valence-electron chi connectivity index (χ2n) is 3.15. The van der Waals surface area contributed by atoms with Gasteiger partial charge in [0.25, 0.3) is 6.43 Å². The molecule has 2 nitrogen and oxygen atoms in total. The van der Waals surface area contributed by atoms with Gasteiger partial charge in [-0.05, 0) is 12.1 Å². The molecular formula is C10H9ClF2N2. The molecular weight excluding hydrogens is 222 g/mol. The Morgan fingerprint density at radius 1 is 1.33 bits per heavy atom. The van der Waals surface area contributed by atoms with Crippen molar-refractivity contribution in [1.29, 1.82) is 0 Å². The molecule has 0 saturated heterocycles. The monoisotopic (exact) mass is 230 g/mol. The maximum atomic E-state index is 12.4. The topological polar surface area (TPSA) is 17.8 Å². The number of imidazole rings is 1. The Morgan fingerprint density at radius 3 is 2.73 bits per heavy atom. The summed E-state index contributed by atoms with van der Waals surface area (Å²) in [6.07, 6.45) is -2.40. The van der Waals surface area contributed by atoms with Gasteiger partial charge in [0.05, 0.1) is 23.5 Å². The number of aromatic nitrogens is 2. The zero-order chi connectivity index (χ0) is 10.8. The summed E-state index contributed by atoms with van der Waals surface area (Å²) in [5.74, 6) is 0.625. The lowest BCUT2D eigenvalue weighted by molar-refractivity contribution is 0.127. The van der Waals surface area contributed by atoms with E-state index in [-0.39, 0.29) is 12.4 Å². The van der Waals surface area contributed by atoms with Gasteiger partial charge in [0.1, 0.15) is 5.82 Å². The van der Waals surface area contributed by atoms with Crippen LogP contribution in [0, 0.1) is 0 Å². The van der Waals surface area contributed by atoms with Gasteiger partial charge in [-0.3, -0.25) is 0 Å². The van der Waals surface area contributed by atoms with Crippen LogP contribution >= 0.6 is 11.6 Å². The Morgan fingerprint density at radius 2 is 2.07 bits per heavy atom. The van der Waals surface area contributed by atoms with Crippen LogP contribution in [0.2, 0.25) is 0 Å². The first kappa shape index (κ1) is 10.4. The van der Waals surface area contributed by atoms with Crippen LogP contribution in [0.1, 0.15) is 5.82 Å². The molecule has 0 spiro atoms. The highest BCUT2D eigenvalue weighted by Gasteiger charge is 2.13. The van der Waals surface area contributed by atoms with Crippen LogP contribution in [0.3, 0.4) is 0 Å². The van der Waals surface area contributed by atoms with Crippen LogP contribution in [0.25, 0.3) is 11.0 Å². The molecule has 0 atom stereocenters. The molecule has 1 heterocycles. The average Bonchev–Trinajstić information content (AvgIpc) is 2.56. The van der Waals surface area contributed by atoms with E-state index in [1.807, 2.05) is 6.07 Å². The lowest BCUT2D eigenvalue weighted by atomic mass is 10.3. The van der Waals surface area contributed by atoms with Crippen LogP contribution in [-0.2, 0) is 12.4 Å². The molecule has 5 heteroatoms. The minimum atomic E-state index is -2.40. The Bertz CT molecular complexity index is 467. The van der Waals surface area contributed by atoms with Crippen molar-refractivity contribution in [3.05, 3.63) is 30.1 Å². The normalized spacial score (nSPS) is 11.5. The lowest BCUT2D eigenvalue weighted by Gasteiger charge is -2.05. The Balaban J connectivity index is 2.56. The molecule has 0 bridgehead atoms. The van der Waals surface area contributed by atoms with Gasteiger partial charge in [-0.15, -0.1) is 11.6 Å². The van der Waals surface area contributed by atoms with Crippen molar-refractivity contribution in [3.63, 3.8) is 0 Å². The van der Waals surface area contributed by atoms with Crippen molar-refractivity contribution in [2.75, 3.05) is 0 Å². The molecule has 0 aliphatic heterocycles. The first-order valence-electron chi connectivity index (χ1n) is 4.50. The van der Waals surface area contributed by atoms with Crippen molar-refractivity contribution in [1.82, 2.24) is 9.55 Å². The number of hydrogen-bond donors (Lipinski definition) is 0. The Hall–Kier alpha value is -1.16. The van der Waals surface area contributed by atoms with E-state index < -0.39 is 6.43 Å². The minimum absolute atomic E-state index is 0.140. The third-order valence-electron chi connectivity index (χ3n) is 2.17. The molecule has 0 unspecified atom stereocenters. The van der Waals surface area contributed by atoms with Crippen LogP contribution in [0.15, 0.2) is 24.3 Å². The summed E-state index contributed by atoms with van der Waals surface area (Å²) < 4.78 is 26.2. The molecule has 0 saturated carbocycles. The van der Waals surface area contributed by atoms with E-state index in [1.165, 1.54) is 4.57 Å². The fourth-order valence-corrected chi connectivity index (χ4v) is 1.77. The second kappa shape index (κ2) is 4.14. The molecule has 0 amide bonds. The molecule has 80 valence electrons. The van der Waals surface area contributed by atoms with E-state index in [4.69, 9.17) is 11.6 Å². The Kier molecular flexibility index (Phi) is 2.86.